The first-order chi connectivity index (χ1) is 11.1. The second-order valence-corrected chi connectivity index (χ2v) is 5.03. The van der Waals surface area contributed by atoms with Crippen LogP contribution in [0.5, 0.6) is 17.2 Å². The van der Waals surface area contributed by atoms with Gasteiger partial charge < -0.3 is 19.1 Å². The molecule has 0 fully saturated rings. The van der Waals surface area contributed by atoms with E-state index in [4.69, 9.17) is 14.2 Å². The highest BCUT2D eigenvalue weighted by molar-refractivity contribution is 5.77. The van der Waals surface area contributed by atoms with Crippen molar-refractivity contribution >= 4 is 5.91 Å². The van der Waals surface area contributed by atoms with Gasteiger partial charge in [-0.3, -0.25) is 4.79 Å². The highest BCUT2D eigenvalue weighted by Gasteiger charge is 2.12. The van der Waals surface area contributed by atoms with Crippen molar-refractivity contribution in [3.8, 4) is 17.2 Å². The molecule has 2 rings (SSSR count). The number of hydrogen-bond acceptors (Lipinski definition) is 4. The average Bonchev–Trinajstić information content (AvgIpc) is 2.60. The molecule has 0 radical (unpaired) electrons. The maximum Gasteiger partial charge on any atom is 0.260 e. The molecule has 0 unspecified atom stereocenters. The molecule has 0 aliphatic heterocycles. The molecule has 122 valence electrons. The van der Waals surface area contributed by atoms with Crippen LogP contribution in [-0.4, -0.2) is 38.7 Å². The predicted octanol–water partition coefficient (Wildman–Crippen LogP) is 2.74. The van der Waals surface area contributed by atoms with E-state index in [1.165, 1.54) is 0 Å². The quantitative estimate of drug-likeness (QED) is 0.788. The zero-order valence-electron chi connectivity index (χ0n) is 13.6. The Morgan fingerprint density at radius 2 is 1.61 bits per heavy atom. The summed E-state index contributed by atoms with van der Waals surface area (Å²) in [6.07, 6.45) is 0. The zero-order chi connectivity index (χ0) is 16.7. The van der Waals surface area contributed by atoms with Gasteiger partial charge in [0.15, 0.2) is 6.61 Å². The van der Waals surface area contributed by atoms with E-state index in [2.05, 4.69) is 0 Å². The molecule has 2 aromatic rings. The number of nitrogens with zero attached hydrogens (tertiary/aromatic N) is 1. The Balaban J connectivity index is 1.89. The largest absolute Gasteiger partial charge is 0.497 e. The van der Waals surface area contributed by atoms with E-state index in [0.29, 0.717) is 12.3 Å². The van der Waals surface area contributed by atoms with E-state index >= 15 is 0 Å². The molecule has 0 spiro atoms. The number of likely N-dealkylation sites (N-methyl/N-ethyl adjacent to an activating group) is 1. The van der Waals surface area contributed by atoms with Gasteiger partial charge >= 0.3 is 0 Å². The van der Waals surface area contributed by atoms with Crippen LogP contribution in [0.2, 0.25) is 0 Å². The SMILES string of the molecule is COc1ccc(OCC(=O)N(C)Cc2ccccc2OC)cc1. The summed E-state index contributed by atoms with van der Waals surface area (Å²) in [5, 5.41) is 0. The lowest BCUT2D eigenvalue weighted by molar-refractivity contribution is -0.132. The summed E-state index contributed by atoms with van der Waals surface area (Å²) >= 11 is 0. The van der Waals surface area contributed by atoms with E-state index in [-0.39, 0.29) is 12.5 Å². The number of hydrogen-bond donors (Lipinski definition) is 0. The number of carbonyl (C=O) groups excluding carboxylic acids is 1. The maximum atomic E-state index is 12.2. The highest BCUT2D eigenvalue weighted by Crippen LogP contribution is 2.19. The number of benzene rings is 2. The molecule has 0 aromatic heterocycles. The highest BCUT2D eigenvalue weighted by atomic mass is 16.5. The third kappa shape index (κ3) is 4.64. The van der Waals surface area contributed by atoms with Gasteiger partial charge in [-0.05, 0) is 30.3 Å². The summed E-state index contributed by atoms with van der Waals surface area (Å²) in [5.41, 5.74) is 0.954. The van der Waals surface area contributed by atoms with Crippen molar-refractivity contribution in [2.24, 2.45) is 0 Å². The molecule has 0 saturated carbocycles. The third-order valence-electron chi connectivity index (χ3n) is 3.45. The standard InChI is InChI=1S/C18H21NO4/c1-19(12-14-6-4-5-7-17(14)22-3)18(20)13-23-16-10-8-15(21-2)9-11-16/h4-11H,12-13H2,1-3H3. The lowest BCUT2D eigenvalue weighted by Crippen LogP contribution is -2.31. The van der Waals surface area contributed by atoms with Gasteiger partial charge in [-0.25, -0.2) is 0 Å². The molecule has 0 N–H and O–H groups in total. The molecular weight excluding hydrogens is 294 g/mol. The van der Waals surface area contributed by atoms with Crippen LogP contribution < -0.4 is 14.2 Å². The number of methoxy groups -OCH3 is 2. The molecule has 0 aliphatic carbocycles. The van der Waals surface area contributed by atoms with Gasteiger partial charge in [-0.2, -0.15) is 0 Å². The molecule has 5 heteroatoms. The van der Waals surface area contributed by atoms with Gasteiger partial charge in [-0.1, -0.05) is 18.2 Å². The zero-order valence-corrected chi connectivity index (χ0v) is 13.6. The molecule has 0 heterocycles. The second kappa shape index (κ2) is 8.08. The Morgan fingerprint density at radius 1 is 0.957 bits per heavy atom. The first-order valence-corrected chi connectivity index (χ1v) is 7.26. The average molecular weight is 315 g/mol. The van der Waals surface area contributed by atoms with Crippen LogP contribution >= 0.6 is 0 Å². The monoisotopic (exact) mass is 315 g/mol. The molecule has 0 saturated heterocycles. The van der Waals surface area contributed by atoms with Crippen LogP contribution in [0.1, 0.15) is 5.56 Å². The van der Waals surface area contributed by atoms with Crippen LogP contribution in [0.25, 0.3) is 0 Å². The van der Waals surface area contributed by atoms with Crippen molar-refractivity contribution in [1.82, 2.24) is 4.90 Å². The number of amides is 1. The van der Waals surface area contributed by atoms with E-state index in [1.807, 2.05) is 24.3 Å². The molecule has 1 amide bonds. The summed E-state index contributed by atoms with van der Waals surface area (Å²) in [4.78, 5) is 13.8. The summed E-state index contributed by atoms with van der Waals surface area (Å²) < 4.78 is 15.9. The minimum Gasteiger partial charge on any atom is -0.497 e. The summed E-state index contributed by atoms with van der Waals surface area (Å²) in [6, 6.07) is 14.8. The normalized spacial score (nSPS) is 10.0. The minimum atomic E-state index is -0.105. The van der Waals surface area contributed by atoms with Crippen LogP contribution in [0.15, 0.2) is 48.5 Å². The predicted molar refractivity (Wildman–Crippen MR) is 88.0 cm³/mol. The Kier molecular flexibility index (Phi) is 5.86. The van der Waals surface area contributed by atoms with Crippen LogP contribution in [0.4, 0.5) is 0 Å². The Hall–Kier alpha value is -2.69. The van der Waals surface area contributed by atoms with Gasteiger partial charge in [0.2, 0.25) is 0 Å². The van der Waals surface area contributed by atoms with Crippen molar-refractivity contribution in [2.75, 3.05) is 27.9 Å². The van der Waals surface area contributed by atoms with Gasteiger partial charge in [0, 0.05) is 19.2 Å². The Bertz CT molecular complexity index is 640. The summed E-state index contributed by atoms with van der Waals surface area (Å²) in [5.74, 6) is 2.04. The summed E-state index contributed by atoms with van der Waals surface area (Å²) in [6.45, 7) is 0.451. The van der Waals surface area contributed by atoms with Crippen molar-refractivity contribution in [3.63, 3.8) is 0 Å². The van der Waals surface area contributed by atoms with Crippen molar-refractivity contribution in [1.29, 1.82) is 0 Å². The van der Waals surface area contributed by atoms with Crippen LogP contribution in [0.3, 0.4) is 0 Å². The maximum absolute atomic E-state index is 12.2. The molecular formula is C18H21NO4. The third-order valence-corrected chi connectivity index (χ3v) is 3.45. The Labute approximate surface area is 136 Å². The fourth-order valence-corrected chi connectivity index (χ4v) is 2.10. The number of ether oxygens (including phenoxy) is 3. The van der Waals surface area contributed by atoms with Crippen molar-refractivity contribution in [3.05, 3.63) is 54.1 Å². The lowest BCUT2D eigenvalue weighted by Gasteiger charge is -2.19. The molecule has 2 aromatic carbocycles. The van der Waals surface area contributed by atoms with Crippen LogP contribution in [0, 0.1) is 0 Å². The number of para-hydroxylation sites is 1. The van der Waals surface area contributed by atoms with E-state index < -0.39 is 0 Å². The Morgan fingerprint density at radius 3 is 2.26 bits per heavy atom. The van der Waals surface area contributed by atoms with Crippen molar-refractivity contribution in [2.45, 2.75) is 6.54 Å². The van der Waals surface area contributed by atoms with Gasteiger partial charge in [0.1, 0.15) is 17.2 Å². The summed E-state index contributed by atoms with van der Waals surface area (Å²) in [7, 11) is 4.96. The van der Waals surface area contributed by atoms with E-state index in [0.717, 1.165) is 17.1 Å². The van der Waals surface area contributed by atoms with Gasteiger partial charge in [0.25, 0.3) is 5.91 Å². The van der Waals surface area contributed by atoms with E-state index in [1.54, 1.807) is 50.4 Å². The number of carbonyl (C=O) groups is 1. The minimum absolute atomic E-state index is 0.0159. The first-order valence-electron chi connectivity index (χ1n) is 7.26. The molecule has 5 nitrogen and oxygen atoms in total. The van der Waals surface area contributed by atoms with Crippen molar-refractivity contribution < 1.29 is 19.0 Å². The van der Waals surface area contributed by atoms with E-state index in [9.17, 15) is 4.79 Å². The fraction of sp³-hybridized carbons (Fsp3) is 0.278. The van der Waals surface area contributed by atoms with Gasteiger partial charge in [0.05, 0.1) is 14.2 Å². The number of rotatable bonds is 7. The smallest absolute Gasteiger partial charge is 0.260 e. The molecule has 0 atom stereocenters. The molecule has 0 bridgehead atoms. The topological polar surface area (TPSA) is 48.0 Å². The first kappa shape index (κ1) is 16.7. The second-order valence-electron chi connectivity index (χ2n) is 5.03. The van der Waals surface area contributed by atoms with Gasteiger partial charge in [-0.15, -0.1) is 0 Å². The molecule has 23 heavy (non-hydrogen) atoms. The van der Waals surface area contributed by atoms with Crippen LogP contribution in [-0.2, 0) is 11.3 Å². The lowest BCUT2D eigenvalue weighted by atomic mass is 10.2. The fourth-order valence-electron chi connectivity index (χ4n) is 2.10. The molecule has 0 aliphatic rings.